The number of benzene rings is 1. The van der Waals surface area contributed by atoms with Crippen molar-refractivity contribution in [3.63, 3.8) is 0 Å². The number of anilines is 1. The van der Waals surface area contributed by atoms with Crippen LogP contribution in [-0.4, -0.2) is 39.9 Å². The van der Waals surface area contributed by atoms with Crippen LogP contribution in [0, 0.1) is 0 Å². The SMILES string of the molecule is CN(C)c1ccc(-c2ncn(CC(=O)O)n2)cc1. The average Bonchev–Trinajstić information content (AvgIpc) is 2.76. The Morgan fingerprint density at radius 2 is 2.00 bits per heavy atom. The maximum absolute atomic E-state index is 10.5. The van der Waals surface area contributed by atoms with Gasteiger partial charge in [-0.2, -0.15) is 5.10 Å². The zero-order valence-electron chi connectivity index (χ0n) is 10.2. The predicted octanol–water partition coefficient (Wildman–Crippen LogP) is 1.10. The molecule has 0 aliphatic rings. The van der Waals surface area contributed by atoms with E-state index in [4.69, 9.17) is 5.11 Å². The van der Waals surface area contributed by atoms with Gasteiger partial charge in [-0.1, -0.05) is 0 Å². The molecule has 0 spiro atoms. The molecule has 2 aromatic rings. The molecule has 0 amide bonds. The topological polar surface area (TPSA) is 71.2 Å². The highest BCUT2D eigenvalue weighted by Crippen LogP contribution is 2.18. The molecule has 1 heterocycles. The Morgan fingerprint density at radius 3 is 2.56 bits per heavy atom. The van der Waals surface area contributed by atoms with Gasteiger partial charge in [0.1, 0.15) is 12.9 Å². The number of hydrogen-bond acceptors (Lipinski definition) is 4. The lowest BCUT2D eigenvalue weighted by Gasteiger charge is -2.11. The first-order chi connectivity index (χ1) is 8.56. The fourth-order valence-corrected chi connectivity index (χ4v) is 1.55. The van der Waals surface area contributed by atoms with Crippen LogP contribution in [0.3, 0.4) is 0 Å². The summed E-state index contributed by atoms with van der Waals surface area (Å²) >= 11 is 0. The molecule has 0 aliphatic heterocycles. The molecule has 0 radical (unpaired) electrons. The number of hydrogen-bond donors (Lipinski definition) is 1. The van der Waals surface area contributed by atoms with Gasteiger partial charge >= 0.3 is 5.97 Å². The molecule has 0 saturated carbocycles. The fraction of sp³-hybridized carbons (Fsp3) is 0.250. The Hall–Kier alpha value is -2.37. The van der Waals surface area contributed by atoms with Gasteiger partial charge in [-0.3, -0.25) is 4.79 Å². The Morgan fingerprint density at radius 1 is 1.33 bits per heavy atom. The quantitative estimate of drug-likeness (QED) is 0.874. The van der Waals surface area contributed by atoms with Crippen LogP contribution in [0.15, 0.2) is 30.6 Å². The van der Waals surface area contributed by atoms with Gasteiger partial charge in [0.05, 0.1) is 0 Å². The van der Waals surface area contributed by atoms with E-state index < -0.39 is 5.97 Å². The maximum atomic E-state index is 10.5. The van der Waals surface area contributed by atoms with Gasteiger partial charge in [0.2, 0.25) is 0 Å². The van der Waals surface area contributed by atoms with Crippen molar-refractivity contribution >= 4 is 11.7 Å². The van der Waals surface area contributed by atoms with E-state index in [9.17, 15) is 4.79 Å². The van der Waals surface area contributed by atoms with Crippen molar-refractivity contribution in [1.29, 1.82) is 0 Å². The molecule has 94 valence electrons. The van der Waals surface area contributed by atoms with E-state index in [-0.39, 0.29) is 6.54 Å². The minimum absolute atomic E-state index is 0.178. The summed E-state index contributed by atoms with van der Waals surface area (Å²) in [6.07, 6.45) is 1.42. The number of aromatic nitrogens is 3. The second-order valence-corrected chi connectivity index (χ2v) is 4.10. The van der Waals surface area contributed by atoms with E-state index in [1.807, 2.05) is 43.3 Å². The van der Waals surface area contributed by atoms with Gasteiger partial charge in [0.25, 0.3) is 0 Å². The van der Waals surface area contributed by atoms with Crippen molar-refractivity contribution in [1.82, 2.24) is 14.8 Å². The van der Waals surface area contributed by atoms with Crippen molar-refractivity contribution in [3.8, 4) is 11.4 Å². The number of aliphatic carboxylic acids is 1. The third-order valence-electron chi connectivity index (χ3n) is 2.48. The van der Waals surface area contributed by atoms with E-state index in [2.05, 4.69) is 10.1 Å². The van der Waals surface area contributed by atoms with E-state index in [1.54, 1.807) is 0 Å². The first-order valence-electron chi connectivity index (χ1n) is 5.45. The zero-order chi connectivity index (χ0) is 13.1. The molecule has 1 aromatic heterocycles. The van der Waals surface area contributed by atoms with Gasteiger partial charge < -0.3 is 10.0 Å². The monoisotopic (exact) mass is 246 g/mol. The summed E-state index contributed by atoms with van der Waals surface area (Å²) in [5, 5.41) is 12.8. The molecule has 1 aromatic carbocycles. The average molecular weight is 246 g/mol. The molecule has 18 heavy (non-hydrogen) atoms. The Labute approximate surface area is 104 Å². The molecule has 0 fully saturated rings. The summed E-state index contributed by atoms with van der Waals surface area (Å²) in [6.45, 7) is -0.178. The molecule has 0 saturated heterocycles. The van der Waals surface area contributed by atoms with Crippen LogP contribution in [0.1, 0.15) is 0 Å². The summed E-state index contributed by atoms with van der Waals surface area (Å²) in [4.78, 5) is 16.6. The van der Waals surface area contributed by atoms with Crippen molar-refractivity contribution in [2.24, 2.45) is 0 Å². The highest BCUT2D eigenvalue weighted by molar-refractivity contribution is 5.66. The maximum Gasteiger partial charge on any atom is 0.325 e. The molecule has 6 nitrogen and oxygen atoms in total. The van der Waals surface area contributed by atoms with E-state index in [0.717, 1.165) is 11.3 Å². The Kier molecular flexibility index (Phi) is 3.27. The van der Waals surface area contributed by atoms with Gasteiger partial charge in [-0.15, -0.1) is 0 Å². The third kappa shape index (κ3) is 2.65. The fourth-order valence-electron chi connectivity index (χ4n) is 1.55. The predicted molar refractivity (Wildman–Crippen MR) is 67.4 cm³/mol. The lowest BCUT2D eigenvalue weighted by atomic mass is 10.2. The van der Waals surface area contributed by atoms with Crippen molar-refractivity contribution in [2.45, 2.75) is 6.54 Å². The first-order valence-corrected chi connectivity index (χ1v) is 5.45. The molecule has 0 bridgehead atoms. The Bertz CT molecular complexity index is 545. The van der Waals surface area contributed by atoms with Crippen LogP contribution in [-0.2, 0) is 11.3 Å². The van der Waals surface area contributed by atoms with Crippen LogP contribution in [0.5, 0.6) is 0 Å². The molecular formula is C12H14N4O2. The van der Waals surface area contributed by atoms with Crippen LogP contribution in [0.25, 0.3) is 11.4 Å². The molecule has 6 heteroatoms. The standard InChI is InChI=1S/C12H14N4O2/c1-15(2)10-5-3-9(4-6-10)12-13-8-16(14-12)7-11(17)18/h3-6,8H,7H2,1-2H3,(H,17,18). The van der Waals surface area contributed by atoms with E-state index >= 15 is 0 Å². The van der Waals surface area contributed by atoms with Crippen LogP contribution in [0.4, 0.5) is 5.69 Å². The summed E-state index contributed by atoms with van der Waals surface area (Å²) < 4.78 is 1.30. The van der Waals surface area contributed by atoms with Crippen molar-refractivity contribution < 1.29 is 9.90 Å². The minimum atomic E-state index is -0.936. The second kappa shape index (κ2) is 4.87. The van der Waals surface area contributed by atoms with Gasteiger partial charge in [-0.05, 0) is 24.3 Å². The number of rotatable bonds is 4. The van der Waals surface area contributed by atoms with Gasteiger partial charge in [0.15, 0.2) is 5.82 Å². The van der Waals surface area contributed by atoms with Crippen LogP contribution >= 0.6 is 0 Å². The lowest BCUT2D eigenvalue weighted by molar-refractivity contribution is -0.137. The lowest BCUT2D eigenvalue weighted by Crippen LogP contribution is -2.09. The zero-order valence-corrected chi connectivity index (χ0v) is 10.2. The summed E-state index contributed by atoms with van der Waals surface area (Å²) in [7, 11) is 3.93. The molecule has 0 aliphatic carbocycles. The molecule has 0 atom stereocenters. The van der Waals surface area contributed by atoms with Crippen LogP contribution in [0.2, 0.25) is 0 Å². The van der Waals surface area contributed by atoms with E-state index in [1.165, 1.54) is 11.0 Å². The number of nitrogens with zero attached hydrogens (tertiary/aromatic N) is 4. The second-order valence-electron chi connectivity index (χ2n) is 4.10. The van der Waals surface area contributed by atoms with Crippen molar-refractivity contribution in [3.05, 3.63) is 30.6 Å². The van der Waals surface area contributed by atoms with Gasteiger partial charge in [0, 0.05) is 25.3 Å². The molecule has 2 rings (SSSR count). The first kappa shape index (κ1) is 12.1. The summed E-state index contributed by atoms with van der Waals surface area (Å²) in [5.41, 5.74) is 1.95. The van der Waals surface area contributed by atoms with E-state index in [0.29, 0.717) is 5.82 Å². The third-order valence-corrected chi connectivity index (χ3v) is 2.48. The normalized spacial score (nSPS) is 10.3. The number of carboxylic acid groups (broad SMARTS) is 1. The Balaban J connectivity index is 2.20. The minimum Gasteiger partial charge on any atom is -0.480 e. The summed E-state index contributed by atoms with van der Waals surface area (Å²) in [6, 6.07) is 7.76. The number of carboxylic acids is 1. The van der Waals surface area contributed by atoms with Crippen molar-refractivity contribution in [2.75, 3.05) is 19.0 Å². The highest BCUT2D eigenvalue weighted by Gasteiger charge is 2.06. The largest absolute Gasteiger partial charge is 0.480 e. The molecule has 1 N–H and O–H groups in total. The summed E-state index contributed by atoms with van der Waals surface area (Å²) in [5.74, 6) is -0.407. The molecule has 0 unspecified atom stereocenters. The smallest absolute Gasteiger partial charge is 0.325 e. The number of carbonyl (C=O) groups is 1. The van der Waals surface area contributed by atoms with Gasteiger partial charge in [-0.25, -0.2) is 9.67 Å². The molecular weight excluding hydrogens is 232 g/mol. The van der Waals surface area contributed by atoms with Crippen LogP contribution < -0.4 is 4.90 Å². The highest BCUT2D eigenvalue weighted by atomic mass is 16.4.